The Morgan fingerprint density at radius 3 is 2.67 bits per heavy atom. The minimum Gasteiger partial charge on any atom is -0.469 e. The lowest BCUT2D eigenvalue weighted by Crippen LogP contribution is -2.13. The number of pyridine rings is 1. The summed E-state index contributed by atoms with van der Waals surface area (Å²) in [5, 5.41) is 3.92. The molecule has 0 atom stereocenters. The molecule has 11 heteroatoms. The van der Waals surface area contributed by atoms with Crippen molar-refractivity contribution in [1.82, 2.24) is 14.8 Å². The first-order valence-electron chi connectivity index (χ1n) is 6.53. The summed E-state index contributed by atoms with van der Waals surface area (Å²) in [5.41, 5.74) is -0.250. The maximum Gasteiger partial charge on any atom is 0.358 e. The number of ether oxygens (including phenoxy) is 2. The lowest BCUT2D eigenvalue weighted by Gasteiger charge is -2.07. The van der Waals surface area contributed by atoms with E-state index in [2.05, 4.69) is 10.1 Å². The fraction of sp³-hybridized carbons (Fsp3) is 0.308. The highest BCUT2D eigenvalue weighted by atomic mass is 35.5. The number of hydrogen-bond acceptors (Lipinski definition) is 5. The Kier molecular flexibility index (Phi) is 6.20. The third kappa shape index (κ3) is 4.06. The van der Waals surface area contributed by atoms with Gasteiger partial charge in [-0.1, -0.05) is 34.8 Å². The van der Waals surface area contributed by atoms with E-state index in [0.717, 1.165) is 4.68 Å². The van der Waals surface area contributed by atoms with E-state index >= 15 is 0 Å². The molecule has 0 N–H and O–H groups in total. The van der Waals surface area contributed by atoms with E-state index in [9.17, 15) is 13.6 Å². The number of rotatable bonds is 6. The molecule has 2 aromatic rings. The van der Waals surface area contributed by atoms with Gasteiger partial charge in [-0.05, 0) is 13.0 Å². The largest absolute Gasteiger partial charge is 0.469 e. The molecule has 0 saturated heterocycles. The molecule has 0 amide bonds. The minimum absolute atomic E-state index is 0.0120. The smallest absolute Gasteiger partial charge is 0.358 e. The van der Waals surface area contributed by atoms with Crippen LogP contribution in [0, 0.1) is 0 Å². The second-order valence-electron chi connectivity index (χ2n) is 4.26. The van der Waals surface area contributed by atoms with Crippen molar-refractivity contribution < 1.29 is 23.0 Å². The van der Waals surface area contributed by atoms with Gasteiger partial charge in [0.25, 0.3) is 12.3 Å². The summed E-state index contributed by atoms with van der Waals surface area (Å²) in [7, 11) is 0. The second kappa shape index (κ2) is 7.96. The molecular weight excluding hydrogens is 391 g/mol. The van der Waals surface area contributed by atoms with Crippen molar-refractivity contribution in [1.29, 1.82) is 0 Å². The summed E-state index contributed by atoms with van der Waals surface area (Å²) >= 11 is 17.8. The molecule has 0 aliphatic carbocycles. The maximum atomic E-state index is 12.3. The number of carbonyl (C=O) groups excluding carboxylic acids is 1. The number of esters is 1. The van der Waals surface area contributed by atoms with Gasteiger partial charge in [0.1, 0.15) is 5.02 Å². The van der Waals surface area contributed by atoms with Gasteiger partial charge in [-0.3, -0.25) is 0 Å². The Morgan fingerprint density at radius 1 is 1.38 bits per heavy atom. The molecule has 2 aromatic heterocycles. The van der Waals surface area contributed by atoms with E-state index in [0.29, 0.717) is 0 Å². The highest BCUT2D eigenvalue weighted by molar-refractivity contribution is 6.36. The normalized spacial score (nSPS) is 11.0. The van der Waals surface area contributed by atoms with Crippen LogP contribution in [-0.4, -0.2) is 40.4 Å². The van der Waals surface area contributed by atoms with Gasteiger partial charge in [0, 0.05) is 6.20 Å². The number of hydrogen-bond donors (Lipinski definition) is 0. The standard InChI is InChI=1S/C13H10Cl3F2N3O3/c1-2-23-13(22)10-9(16)12(24-5-8(17)18)20-21(10)11-7(15)3-6(14)4-19-11/h3-4,8H,2,5H2,1H3. The van der Waals surface area contributed by atoms with E-state index in [1.807, 2.05) is 0 Å². The van der Waals surface area contributed by atoms with Crippen LogP contribution in [0.1, 0.15) is 17.4 Å². The van der Waals surface area contributed by atoms with Crippen molar-refractivity contribution in [2.24, 2.45) is 0 Å². The summed E-state index contributed by atoms with van der Waals surface area (Å²) in [6.07, 6.45) is -1.47. The van der Waals surface area contributed by atoms with Crippen LogP contribution in [0.5, 0.6) is 5.88 Å². The molecule has 0 aromatic carbocycles. The summed E-state index contributed by atoms with van der Waals surface area (Å²) in [6, 6.07) is 1.37. The van der Waals surface area contributed by atoms with Gasteiger partial charge in [0.15, 0.2) is 18.1 Å². The minimum atomic E-state index is -2.74. The number of aromatic nitrogens is 3. The maximum absolute atomic E-state index is 12.3. The number of nitrogens with zero attached hydrogens (tertiary/aromatic N) is 3. The van der Waals surface area contributed by atoms with Crippen molar-refractivity contribution in [2.45, 2.75) is 13.3 Å². The highest BCUT2D eigenvalue weighted by Gasteiger charge is 2.27. The van der Waals surface area contributed by atoms with Gasteiger partial charge in [-0.25, -0.2) is 23.2 Å². The lowest BCUT2D eigenvalue weighted by molar-refractivity contribution is 0.0515. The van der Waals surface area contributed by atoms with Gasteiger partial charge >= 0.3 is 5.97 Å². The van der Waals surface area contributed by atoms with Crippen molar-refractivity contribution in [3.8, 4) is 11.7 Å². The first-order valence-corrected chi connectivity index (χ1v) is 7.66. The molecule has 0 aliphatic rings. The van der Waals surface area contributed by atoms with Crippen molar-refractivity contribution >= 4 is 40.8 Å². The molecule has 0 radical (unpaired) electrons. The Hall–Kier alpha value is -1.64. The molecule has 2 heterocycles. The van der Waals surface area contributed by atoms with Crippen LogP contribution in [-0.2, 0) is 4.74 Å². The molecule has 24 heavy (non-hydrogen) atoms. The van der Waals surface area contributed by atoms with Crippen LogP contribution in [0.4, 0.5) is 8.78 Å². The van der Waals surface area contributed by atoms with E-state index in [4.69, 9.17) is 44.3 Å². The van der Waals surface area contributed by atoms with Gasteiger partial charge in [-0.2, -0.15) is 0 Å². The van der Waals surface area contributed by atoms with Gasteiger partial charge < -0.3 is 9.47 Å². The quantitative estimate of drug-likeness (QED) is 0.685. The Balaban J connectivity index is 2.55. The second-order valence-corrected chi connectivity index (χ2v) is 5.48. The topological polar surface area (TPSA) is 66.2 Å². The predicted molar refractivity (Wildman–Crippen MR) is 83.8 cm³/mol. The summed E-state index contributed by atoms with van der Waals surface area (Å²) in [4.78, 5) is 16.1. The Labute approximate surface area is 150 Å². The summed E-state index contributed by atoms with van der Waals surface area (Å²) in [6.45, 7) is 0.713. The number of carbonyl (C=O) groups is 1. The third-order valence-electron chi connectivity index (χ3n) is 2.60. The zero-order valence-corrected chi connectivity index (χ0v) is 14.4. The van der Waals surface area contributed by atoms with E-state index in [1.165, 1.54) is 12.3 Å². The first kappa shape index (κ1) is 18.7. The SMILES string of the molecule is CCOC(=O)c1c(Cl)c(OCC(F)F)nn1-c1ncc(Cl)cc1Cl. The zero-order chi connectivity index (χ0) is 17.9. The molecule has 0 aliphatic heterocycles. The fourth-order valence-electron chi connectivity index (χ4n) is 1.71. The first-order chi connectivity index (χ1) is 11.3. The molecule has 0 saturated carbocycles. The number of halogens is 5. The van der Waals surface area contributed by atoms with Crippen LogP contribution in [0.15, 0.2) is 12.3 Å². The molecular formula is C13H10Cl3F2N3O3. The molecule has 0 unspecified atom stereocenters. The molecule has 6 nitrogen and oxygen atoms in total. The predicted octanol–water partition coefficient (Wildman–Crippen LogP) is 4.05. The molecule has 0 fully saturated rings. The van der Waals surface area contributed by atoms with E-state index < -0.39 is 19.0 Å². The highest BCUT2D eigenvalue weighted by Crippen LogP contribution is 2.32. The zero-order valence-electron chi connectivity index (χ0n) is 12.1. The average Bonchev–Trinajstić information content (AvgIpc) is 2.82. The van der Waals surface area contributed by atoms with Crippen LogP contribution in [0.25, 0.3) is 5.82 Å². The Bertz CT molecular complexity index is 756. The van der Waals surface area contributed by atoms with Crippen LogP contribution < -0.4 is 4.74 Å². The van der Waals surface area contributed by atoms with E-state index in [1.54, 1.807) is 6.92 Å². The average molecular weight is 401 g/mol. The monoisotopic (exact) mass is 399 g/mol. The van der Waals surface area contributed by atoms with Crippen LogP contribution >= 0.6 is 34.8 Å². The molecule has 2 rings (SSSR count). The van der Waals surface area contributed by atoms with Crippen molar-refractivity contribution in [2.75, 3.05) is 13.2 Å². The lowest BCUT2D eigenvalue weighted by atomic mass is 10.4. The number of alkyl halides is 2. The fourth-order valence-corrected chi connectivity index (χ4v) is 2.41. The molecule has 130 valence electrons. The molecule has 0 bridgehead atoms. The van der Waals surface area contributed by atoms with Crippen LogP contribution in [0.2, 0.25) is 15.1 Å². The Morgan fingerprint density at radius 2 is 2.08 bits per heavy atom. The summed E-state index contributed by atoms with van der Waals surface area (Å²) < 4.78 is 35.3. The van der Waals surface area contributed by atoms with Gasteiger partial charge in [-0.15, -0.1) is 5.10 Å². The van der Waals surface area contributed by atoms with Gasteiger partial charge in [0.2, 0.25) is 0 Å². The molecule has 0 spiro atoms. The van der Waals surface area contributed by atoms with Crippen molar-refractivity contribution in [3.05, 3.63) is 33.0 Å². The van der Waals surface area contributed by atoms with Crippen molar-refractivity contribution in [3.63, 3.8) is 0 Å². The van der Waals surface area contributed by atoms with E-state index in [-0.39, 0.29) is 39.1 Å². The summed E-state index contributed by atoms with van der Waals surface area (Å²) in [5.74, 6) is -1.19. The van der Waals surface area contributed by atoms with Gasteiger partial charge in [0.05, 0.1) is 16.7 Å². The third-order valence-corrected chi connectivity index (χ3v) is 3.43. The van der Waals surface area contributed by atoms with Crippen LogP contribution in [0.3, 0.4) is 0 Å².